The molecule has 1 heterocycles. The summed E-state index contributed by atoms with van der Waals surface area (Å²) in [6.45, 7) is 6.13. The monoisotopic (exact) mass is 307 g/mol. The number of nitrogens with zero attached hydrogens (tertiary/aromatic N) is 2. The first-order chi connectivity index (χ1) is 9.58. The number of aryl methyl sites for hydroxylation is 1. The number of aromatic nitrogens is 2. The van der Waals surface area contributed by atoms with Gasteiger partial charge in [0.1, 0.15) is 16.6 Å². The Kier molecular flexibility index (Phi) is 8.80. The average Bonchev–Trinajstić information content (AvgIpc) is 2.81. The molecule has 0 atom stereocenters. The van der Waals surface area contributed by atoms with Gasteiger partial charge in [-0.25, -0.2) is 8.78 Å². The summed E-state index contributed by atoms with van der Waals surface area (Å²) in [5.41, 5.74) is 0. The lowest BCUT2D eigenvalue weighted by atomic mass is 10.2. The minimum Gasteiger partial charge on any atom is -0.375 e. The maximum Gasteiger partial charge on any atom is 0.261 e. The van der Waals surface area contributed by atoms with Crippen molar-refractivity contribution in [1.29, 1.82) is 0 Å². The maximum atomic E-state index is 11.9. The van der Waals surface area contributed by atoms with Gasteiger partial charge in [-0.05, 0) is 25.4 Å². The number of alkyl halides is 2. The van der Waals surface area contributed by atoms with E-state index < -0.39 is 13.0 Å². The molecular weight excluding hydrogens is 284 g/mol. The first-order valence-corrected chi connectivity index (χ1v) is 7.77. The van der Waals surface area contributed by atoms with Crippen LogP contribution in [0.1, 0.15) is 30.3 Å². The van der Waals surface area contributed by atoms with Crippen molar-refractivity contribution in [2.24, 2.45) is 5.92 Å². The molecule has 0 aromatic carbocycles. The molecule has 0 aliphatic rings. The molecular formula is C13H23F2N3OS. The number of hydrogen-bond donors (Lipinski definition) is 1. The van der Waals surface area contributed by atoms with Crippen LogP contribution in [0.4, 0.5) is 8.78 Å². The van der Waals surface area contributed by atoms with Gasteiger partial charge in [-0.15, -0.1) is 21.5 Å². The van der Waals surface area contributed by atoms with Crippen LogP contribution >= 0.6 is 11.3 Å². The predicted octanol–water partition coefficient (Wildman–Crippen LogP) is 2.54. The van der Waals surface area contributed by atoms with Crippen LogP contribution in [0.5, 0.6) is 0 Å². The van der Waals surface area contributed by atoms with Crippen LogP contribution in [-0.4, -0.2) is 42.9 Å². The van der Waals surface area contributed by atoms with Gasteiger partial charge in [0.2, 0.25) is 0 Å². The Hall–Kier alpha value is -0.660. The molecule has 0 unspecified atom stereocenters. The van der Waals surface area contributed by atoms with Crippen molar-refractivity contribution in [1.82, 2.24) is 15.5 Å². The number of nitrogens with one attached hydrogen (secondary N) is 1. The molecule has 0 saturated heterocycles. The van der Waals surface area contributed by atoms with E-state index in [1.54, 1.807) is 0 Å². The summed E-state index contributed by atoms with van der Waals surface area (Å²) in [5, 5.41) is 13.4. The molecule has 0 aliphatic carbocycles. The zero-order valence-electron chi connectivity index (χ0n) is 12.1. The lowest BCUT2D eigenvalue weighted by Crippen LogP contribution is -2.21. The molecule has 1 N–H and O–H groups in total. The summed E-state index contributed by atoms with van der Waals surface area (Å²) in [6, 6.07) is 0. The predicted molar refractivity (Wildman–Crippen MR) is 76.5 cm³/mol. The first kappa shape index (κ1) is 17.4. The second-order valence-electron chi connectivity index (χ2n) is 5.01. The van der Waals surface area contributed by atoms with E-state index in [-0.39, 0.29) is 6.61 Å². The maximum absolute atomic E-state index is 11.9. The van der Waals surface area contributed by atoms with Gasteiger partial charge in [0, 0.05) is 12.8 Å². The van der Waals surface area contributed by atoms with E-state index in [0.29, 0.717) is 12.3 Å². The number of hydrogen-bond acceptors (Lipinski definition) is 5. The summed E-state index contributed by atoms with van der Waals surface area (Å²) >= 11 is 1.54. The summed E-state index contributed by atoms with van der Waals surface area (Å²) in [5.74, 6) is 0.663. The van der Waals surface area contributed by atoms with Gasteiger partial charge in [0.05, 0.1) is 6.61 Å². The molecule has 20 heavy (non-hydrogen) atoms. The van der Waals surface area contributed by atoms with E-state index in [1.807, 2.05) is 0 Å². The van der Waals surface area contributed by atoms with E-state index in [2.05, 4.69) is 29.4 Å². The summed E-state index contributed by atoms with van der Waals surface area (Å²) < 4.78 is 28.5. The lowest BCUT2D eigenvalue weighted by Gasteiger charge is -2.05. The van der Waals surface area contributed by atoms with Gasteiger partial charge in [-0.3, -0.25) is 0 Å². The van der Waals surface area contributed by atoms with Crippen molar-refractivity contribution < 1.29 is 13.5 Å². The minimum absolute atomic E-state index is 0.273. The van der Waals surface area contributed by atoms with Crippen LogP contribution in [0.3, 0.4) is 0 Å². The van der Waals surface area contributed by atoms with Crippen LogP contribution in [0.15, 0.2) is 0 Å². The van der Waals surface area contributed by atoms with Crippen LogP contribution in [0, 0.1) is 5.92 Å². The quantitative estimate of drug-likeness (QED) is 0.638. The zero-order chi connectivity index (χ0) is 14.8. The Morgan fingerprint density at radius 1 is 1.20 bits per heavy atom. The molecule has 0 radical (unpaired) electrons. The molecule has 0 aliphatic heterocycles. The first-order valence-electron chi connectivity index (χ1n) is 6.95. The molecule has 0 spiro atoms. The van der Waals surface area contributed by atoms with Gasteiger partial charge < -0.3 is 10.1 Å². The van der Waals surface area contributed by atoms with Crippen molar-refractivity contribution in [3.8, 4) is 0 Å². The largest absolute Gasteiger partial charge is 0.375 e. The average molecular weight is 307 g/mol. The minimum atomic E-state index is -2.40. The Morgan fingerprint density at radius 3 is 2.55 bits per heavy atom. The second-order valence-corrected chi connectivity index (χ2v) is 6.15. The Morgan fingerprint density at radius 2 is 1.90 bits per heavy atom. The van der Waals surface area contributed by atoms with Crippen LogP contribution in [0.25, 0.3) is 0 Å². The Bertz CT molecular complexity index is 361. The summed E-state index contributed by atoms with van der Waals surface area (Å²) in [7, 11) is 0. The second kappa shape index (κ2) is 10.1. The highest BCUT2D eigenvalue weighted by molar-refractivity contribution is 7.11. The van der Waals surface area contributed by atoms with E-state index >= 15 is 0 Å². The molecule has 116 valence electrons. The Balaban J connectivity index is 2.10. The third-order valence-corrected chi connectivity index (χ3v) is 3.55. The fraction of sp³-hybridized carbons (Fsp3) is 0.846. The van der Waals surface area contributed by atoms with Crippen LogP contribution in [0.2, 0.25) is 0 Å². The van der Waals surface area contributed by atoms with Crippen LogP contribution in [-0.2, 0) is 17.6 Å². The standard InChI is InChI=1S/C13H23F2N3OS/c1-10(2)8-16-6-3-4-12-17-18-13(20-12)5-7-19-9-11(14)15/h10-11,16H,3-9H2,1-2H3. The summed E-state index contributed by atoms with van der Waals surface area (Å²) in [4.78, 5) is 0. The van der Waals surface area contributed by atoms with E-state index in [9.17, 15) is 8.78 Å². The highest BCUT2D eigenvalue weighted by Crippen LogP contribution is 2.12. The molecule has 7 heteroatoms. The highest BCUT2D eigenvalue weighted by Gasteiger charge is 2.06. The molecule has 1 rings (SSSR count). The van der Waals surface area contributed by atoms with Crippen molar-refractivity contribution in [3.63, 3.8) is 0 Å². The fourth-order valence-electron chi connectivity index (χ4n) is 1.58. The SMILES string of the molecule is CC(C)CNCCCc1nnc(CCOCC(F)F)s1. The normalized spacial score (nSPS) is 11.7. The molecule has 0 bridgehead atoms. The van der Waals surface area contributed by atoms with Gasteiger partial charge in [0.15, 0.2) is 0 Å². The topological polar surface area (TPSA) is 47.0 Å². The van der Waals surface area contributed by atoms with E-state index in [1.165, 1.54) is 11.3 Å². The van der Waals surface area contributed by atoms with Gasteiger partial charge in [-0.1, -0.05) is 13.8 Å². The van der Waals surface area contributed by atoms with Crippen molar-refractivity contribution in [2.75, 3.05) is 26.3 Å². The Labute approximate surface area is 122 Å². The van der Waals surface area contributed by atoms with E-state index in [4.69, 9.17) is 4.74 Å². The van der Waals surface area contributed by atoms with Gasteiger partial charge in [0.25, 0.3) is 6.43 Å². The highest BCUT2D eigenvalue weighted by atomic mass is 32.1. The number of halogens is 2. The molecule has 0 fully saturated rings. The van der Waals surface area contributed by atoms with Crippen molar-refractivity contribution >= 4 is 11.3 Å². The molecule has 0 saturated carbocycles. The third-order valence-electron chi connectivity index (χ3n) is 2.51. The number of rotatable bonds is 11. The van der Waals surface area contributed by atoms with E-state index in [0.717, 1.165) is 35.9 Å². The smallest absolute Gasteiger partial charge is 0.261 e. The molecule has 1 aromatic rings. The third kappa shape index (κ3) is 8.50. The van der Waals surface area contributed by atoms with Gasteiger partial charge >= 0.3 is 0 Å². The van der Waals surface area contributed by atoms with Gasteiger partial charge in [-0.2, -0.15) is 0 Å². The molecule has 4 nitrogen and oxygen atoms in total. The zero-order valence-corrected chi connectivity index (χ0v) is 12.9. The fourth-order valence-corrected chi connectivity index (χ4v) is 2.44. The lowest BCUT2D eigenvalue weighted by molar-refractivity contribution is 0.0186. The van der Waals surface area contributed by atoms with Crippen molar-refractivity contribution in [2.45, 2.75) is 39.5 Å². The summed E-state index contributed by atoms with van der Waals surface area (Å²) in [6.07, 6.45) is 0.0817. The number of ether oxygens (including phenoxy) is 1. The molecule has 0 amide bonds. The van der Waals surface area contributed by atoms with Crippen LogP contribution < -0.4 is 5.32 Å². The van der Waals surface area contributed by atoms with Crippen molar-refractivity contribution in [3.05, 3.63) is 10.0 Å². The molecule has 1 aromatic heterocycles.